The number of hydrogen-bond donors (Lipinski definition) is 1. The second-order valence-corrected chi connectivity index (χ2v) is 8.22. The molecule has 7 nitrogen and oxygen atoms in total. The minimum Gasteiger partial charge on any atom is -0.497 e. The lowest BCUT2D eigenvalue weighted by molar-refractivity contribution is -0.113. The standard InChI is InChI=1S/C25H24N4O3S/c1-17-7-9-18(10-8-17)24-27-28-25(29(24)20-11-13-21(31-2)14-12-20)33-16-23(30)26-19-5-4-6-22(15-19)32-3/h4-15H,16H2,1-3H3,(H,26,30). The number of ether oxygens (including phenoxy) is 2. The third-order valence-corrected chi connectivity index (χ3v) is 5.89. The van der Waals surface area contributed by atoms with E-state index < -0.39 is 0 Å². The molecule has 0 aliphatic heterocycles. The number of nitrogens with one attached hydrogen (secondary N) is 1. The monoisotopic (exact) mass is 460 g/mol. The van der Waals surface area contributed by atoms with Gasteiger partial charge in [0.15, 0.2) is 11.0 Å². The van der Waals surface area contributed by atoms with Crippen LogP contribution in [0.25, 0.3) is 17.1 Å². The quantitative estimate of drug-likeness (QED) is 0.373. The molecule has 0 saturated heterocycles. The number of hydrogen-bond acceptors (Lipinski definition) is 6. The highest BCUT2D eigenvalue weighted by molar-refractivity contribution is 7.99. The summed E-state index contributed by atoms with van der Waals surface area (Å²) in [5, 5.41) is 12.3. The van der Waals surface area contributed by atoms with E-state index in [4.69, 9.17) is 9.47 Å². The zero-order chi connectivity index (χ0) is 23.2. The third-order valence-electron chi connectivity index (χ3n) is 4.96. The zero-order valence-electron chi connectivity index (χ0n) is 18.6. The van der Waals surface area contributed by atoms with Crippen LogP contribution >= 0.6 is 11.8 Å². The minimum atomic E-state index is -0.144. The number of aryl methyl sites for hydroxylation is 1. The minimum absolute atomic E-state index is 0.144. The molecule has 1 aromatic heterocycles. The molecule has 0 fully saturated rings. The van der Waals surface area contributed by atoms with Gasteiger partial charge in [0.25, 0.3) is 0 Å². The van der Waals surface area contributed by atoms with Gasteiger partial charge in [-0.1, -0.05) is 47.7 Å². The molecule has 0 unspecified atom stereocenters. The Balaban J connectivity index is 1.59. The Bertz CT molecular complexity index is 1240. The fourth-order valence-electron chi connectivity index (χ4n) is 3.25. The van der Waals surface area contributed by atoms with Gasteiger partial charge >= 0.3 is 0 Å². The second-order valence-electron chi connectivity index (χ2n) is 7.27. The molecule has 0 atom stereocenters. The number of nitrogens with zero attached hydrogens (tertiary/aromatic N) is 3. The van der Waals surface area contributed by atoms with Gasteiger partial charge in [0.2, 0.25) is 5.91 Å². The van der Waals surface area contributed by atoms with Gasteiger partial charge in [-0.3, -0.25) is 9.36 Å². The van der Waals surface area contributed by atoms with Crippen molar-refractivity contribution in [2.45, 2.75) is 12.1 Å². The van der Waals surface area contributed by atoms with E-state index in [1.54, 1.807) is 20.3 Å². The van der Waals surface area contributed by atoms with Gasteiger partial charge < -0.3 is 14.8 Å². The molecule has 3 aromatic carbocycles. The van der Waals surface area contributed by atoms with Gasteiger partial charge in [-0.25, -0.2) is 0 Å². The molecule has 33 heavy (non-hydrogen) atoms. The first-order valence-electron chi connectivity index (χ1n) is 10.3. The first-order chi connectivity index (χ1) is 16.1. The maximum atomic E-state index is 12.6. The Morgan fingerprint density at radius 2 is 1.67 bits per heavy atom. The smallest absolute Gasteiger partial charge is 0.234 e. The molecular formula is C25H24N4O3S. The second kappa shape index (κ2) is 10.2. The third kappa shape index (κ3) is 5.35. The van der Waals surface area contributed by atoms with Gasteiger partial charge in [0.1, 0.15) is 11.5 Å². The van der Waals surface area contributed by atoms with Crippen molar-refractivity contribution in [1.29, 1.82) is 0 Å². The van der Waals surface area contributed by atoms with Crippen LogP contribution in [0.3, 0.4) is 0 Å². The molecular weight excluding hydrogens is 436 g/mol. The average Bonchev–Trinajstić information content (AvgIpc) is 3.27. The highest BCUT2D eigenvalue weighted by atomic mass is 32.2. The van der Waals surface area contributed by atoms with Crippen LogP contribution in [-0.4, -0.2) is 40.6 Å². The lowest BCUT2D eigenvalue weighted by Crippen LogP contribution is -2.14. The lowest BCUT2D eigenvalue weighted by atomic mass is 10.1. The Labute approximate surface area is 196 Å². The van der Waals surface area contributed by atoms with Crippen LogP contribution in [0.15, 0.2) is 78.0 Å². The highest BCUT2D eigenvalue weighted by Gasteiger charge is 2.17. The van der Waals surface area contributed by atoms with Crippen molar-refractivity contribution in [2.75, 3.05) is 25.3 Å². The number of methoxy groups -OCH3 is 2. The molecule has 168 valence electrons. The van der Waals surface area contributed by atoms with E-state index in [9.17, 15) is 4.79 Å². The fraction of sp³-hybridized carbons (Fsp3) is 0.160. The van der Waals surface area contributed by atoms with Gasteiger partial charge in [-0.15, -0.1) is 10.2 Å². The molecule has 8 heteroatoms. The molecule has 1 amide bonds. The SMILES string of the molecule is COc1ccc(-n2c(SCC(=O)Nc3cccc(OC)c3)nnc2-c2ccc(C)cc2)cc1. The summed E-state index contributed by atoms with van der Waals surface area (Å²) < 4.78 is 12.5. The summed E-state index contributed by atoms with van der Waals surface area (Å²) in [5.74, 6) is 2.18. The number of benzene rings is 3. The van der Waals surface area contributed by atoms with Crippen LogP contribution in [0.1, 0.15) is 5.56 Å². The summed E-state index contributed by atoms with van der Waals surface area (Å²) in [4.78, 5) is 12.6. The molecule has 0 spiro atoms. The molecule has 1 N–H and O–H groups in total. The summed E-state index contributed by atoms with van der Waals surface area (Å²) in [6, 6.07) is 23.0. The van der Waals surface area contributed by atoms with Crippen molar-refractivity contribution in [3.05, 3.63) is 78.4 Å². The largest absolute Gasteiger partial charge is 0.497 e. The van der Waals surface area contributed by atoms with Crippen LogP contribution < -0.4 is 14.8 Å². The predicted octanol–water partition coefficient (Wildman–Crippen LogP) is 4.99. The first-order valence-corrected chi connectivity index (χ1v) is 11.3. The Kier molecular flexibility index (Phi) is 6.95. The van der Waals surface area contributed by atoms with Gasteiger partial charge in [-0.05, 0) is 43.3 Å². The summed E-state index contributed by atoms with van der Waals surface area (Å²) >= 11 is 1.32. The topological polar surface area (TPSA) is 78.3 Å². The van der Waals surface area contributed by atoms with Crippen LogP contribution in [0, 0.1) is 6.92 Å². The van der Waals surface area contributed by atoms with Crippen molar-refractivity contribution in [1.82, 2.24) is 14.8 Å². The Morgan fingerprint density at radius 1 is 0.939 bits per heavy atom. The zero-order valence-corrected chi connectivity index (χ0v) is 19.4. The van der Waals surface area contributed by atoms with Crippen LogP contribution in [0.5, 0.6) is 11.5 Å². The molecule has 1 heterocycles. The van der Waals surface area contributed by atoms with E-state index in [0.717, 1.165) is 22.6 Å². The van der Waals surface area contributed by atoms with Gasteiger partial charge in [0, 0.05) is 23.0 Å². The number of anilines is 1. The van der Waals surface area contributed by atoms with Crippen molar-refractivity contribution in [3.63, 3.8) is 0 Å². The maximum Gasteiger partial charge on any atom is 0.234 e. The van der Waals surface area contributed by atoms with Gasteiger partial charge in [-0.2, -0.15) is 0 Å². The Morgan fingerprint density at radius 3 is 2.36 bits per heavy atom. The highest BCUT2D eigenvalue weighted by Crippen LogP contribution is 2.29. The van der Waals surface area contributed by atoms with Crippen LogP contribution in [0.4, 0.5) is 5.69 Å². The fourth-order valence-corrected chi connectivity index (χ4v) is 4.00. The number of carbonyl (C=O) groups excluding carboxylic acids is 1. The number of aromatic nitrogens is 3. The average molecular weight is 461 g/mol. The van der Waals surface area contributed by atoms with Crippen LogP contribution in [-0.2, 0) is 4.79 Å². The van der Waals surface area contributed by atoms with E-state index in [2.05, 4.69) is 15.5 Å². The molecule has 0 bridgehead atoms. The predicted molar refractivity (Wildman–Crippen MR) is 130 cm³/mol. The van der Waals surface area contributed by atoms with Gasteiger partial charge in [0.05, 0.1) is 20.0 Å². The maximum absolute atomic E-state index is 12.6. The molecule has 0 radical (unpaired) electrons. The Hall–Kier alpha value is -3.78. The molecule has 0 aliphatic carbocycles. The van der Waals surface area contributed by atoms with Crippen molar-refractivity contribution in [2.24, 2.45) is 0 Å². The number of amides is 1. The number of carbonyl (C=O) groups is 1. The summed E-state index contributed by atoms with van der Waals surface area (Å²) in [6.45, 7) is 2.04. The summed E-state index contributed by atoms with van der Waals surface area (Å²) in [7, 11) is 3.22. The normalized spacial score (nSPS) is 10.6. The van der Waals surface area contributed by atoms with Crippen LogP contribution in [0.2, 0.25) is 0 Å². The van der Waals surface area contributed by atoms with E-state index in [1.807, 2.05) is 78.2 Å². The molecule has 0 saturated carbocycles. The van der Waals surface area contributed by atoms with Crippen molar-refractivity contribution < 1.29 is 14.3 Å². The lowest BCUT2D eigenvalue weighted by Gasteiger charge is -2.11. The summed E-state index contributed by atoms with van der Waals surface area (Å²) in [5.41, 5.74) is 3.67. The van der Waals surface area contributed by atoms with E-state index in [0.29, 0.717) is 22.4 Å². The van der Waals surface area contributed by atoms with Crippen molar-refractivity contribution in [3.8, 4) is 28.6 Å². The summed E-state index contributed by atoms with van der Waals surface area (Å²) in [6.07, 6.45) is 0. The molecule has 0 aliphatic rings. The van der Waals surface area contributed by atoms with E-state index in [1.165, 1.54) is 11.8 Å². The number of rotatable bonds is 8. The molecule has 4 rings (SSSR count). The molecule has 4 aromatic rings. The van der Waals surface area contributed by atoms with E-state index in [-0.39, 0.29) is 11.7 Å². The first kappa shape index (κ1) is 22.4. The number of thioether (sulfide) groups is 1. The van der Waals surface area contributed by atoms with E-state index >= 15 is 0 Å². The van der Waals surface area contributed by atoms with Crippen molar-refractivity contribution >= 4 is 23.4 Å².